The lowest BCUT2D eigenvalue weighted by Crippen LogP contribution is -2.47. The lowest BCUT2D eigenvalue weighted by atomic mass is 10.2. The summed E-state index contributed by atoms with van der Waals surface area (Å²) in [6.07, 6.45) is 2.43. The summed E-state index contributed by atoms with van der Waals surface area (Å²) in [5, 5.41) is 0. The van der Waals surface area contributed by atoms with Gasteiger partial charge in [-0.2, -0.15) is 4.98 Å². The van der Waals surface area contributed by atoms with Crippen LogP contribution in [0.25, 0.3) is 11.2 Å². The minimum Gasteiger partial charge on any atom is -0.340 e. The summed E-state index contributed by atoms with van der Waals surface area (Å²) in [7, 11) is 3.12. The van der Waals surface area contributed by atoms with Crippen molar-refractivity contribution in [2.24, 2.45) is 14.1 Å². The minimum atomic E-state index is -0.357. The molecule has 0 unspecified atom stereocenters. The van der Waals surface area contributed by atoms with Gasteiger partial charge >= 0.3 is 5.69 Å². The Kier molecular flexibility index (Phi) is 4.25. The highest BCUT2D eigenvalue weighted by Gasteiger charge is 2.21. The molecule has 0 atom stereocenters. The van der Waals surface area contributed by atoms with Crippen LogP contribution in [0.3, 0.4) is 0 Å². The number of nitrogens with one attached hydrogen (secondary N) is 1. The molecule has 1 fully saturated rings. The van der Waals surface area contributed by atoms with E-state index in [0.29, 0.717) is 17.1 Å². The highest BCUT2D eigenvalue weighted by Crippen LogP contribution is 2.15. The number of rotatable bonds is 4. The lowest BCUT2D eigenvalue weighted by molar-refractivity contribution is 0.253. The number of imidazole rings is 1. The molecule has 1 aliphatic heterocycles. The first kappa shape index (κ1) is 15.8. The zero-order valence-corrected chi connectivity index (χ0v) is 14.0. The van der Waals surface area contributed by atoms with Gasteiger partial charge in [-0.3, -0.25) is 18.8 Å². The molecular weight excluding hydrogens is 296 g/mol. The van der Waals surface area contributed by atoms with E-state index < -0.39 is 0 Å². The molecule has 0 radical (unpaired) electrons. The quantitative estimate of drug-likeness (QED) is 0.850. The van der Waals surface area contributed by atoms with Gasteiger partial charge in [-0.25, -0.2) is 4.79 Å². The predicted octanol–water partition coefficient (Wildman–Crippen LogP) is -0.118. The van der Waals surface area contributed by atoms with Crippen LogP contribution in [0.15, 0.2) is 9.59 Å². The fourth-order valence-corrected chi connectivity index (χ4v) is 3.03. The maximum atomic E-state index is 12.2. The van der Waals surface area contributed by atoms with Crippen LogP contribution in [-0.2, 0) is 14.1 Å². The van der Waals surface area contributed by atoms with Crippen molar-refractivity contribution in [3.8, 4) is 0 Å². The lowest BCUT2D eigenvalue weighted by Gasteiger charge is -2.34. The number of fused-ring (bicyclic) bond motifs is 1. The monoisotopic (exact) mass is 320 g/mol. The number of hydrogen-bond acceptors (Lipinski definition) is 5. The van der Waals surface area contributed by atoms with E-state index in [1.165, 1.54) is 24.5 Å². The SMILES string of the molecule is CCCCN1CCN(c2nc3c([nH]2)c(=O)n(C)c(=O)n3C)CC1. The second-order valence-corrected chi connectivity index (χ2v) is 6.15. The topological polar surface area (TPSA) is 79.2 Å². The zero-order chi connectivity index (χ0) is 16.6. The van der Waals surface area contributed by atoms with Gasteiger partial charge in [-0.05, 0) is 13.0 Å². The zero-order valence-electron chi connectivity index (χ0n) is 14.0. The van der Waals surface area contributed by atoms with Gasteiger partial charge in [0, 0.05) is 40.3 Å². The van der Waals surface area contributed by atoms with Gasteiger partial charge < -0.3 is 9.88 Å². The molecule has 23 heavy (non-hydrogen) atoms. The Morgan fingerprint density at radius 2 is 1.78 bits per heavy atom. The second-order valence-electron chi connectivity index (χ2n) is 6.15. The highest BCUT2D eigenvalue weighted by atomic mass is 16.2. The van der Waals surface area contributed by atoms with Crippen LogP contribution in [0.5, 0.6) is 0 Å². The molecule has 2 aromatic rings. The molecule has 1 aliphatic rings. The van der Waals surface area contributed by atoms with E-state index in [9.17, 15) is 9.59 Å². The average Bonchev–Trinajstić information content (AvgIpc) is 3.02. The Balaban J connectivity index is 1.85. The summed E-state index contributed by atoms with van der Waals surface area (Å²) in [6.45, 7) is 7.08. The molecule has 8 nitrogen and oxygen atoms in total. The van der Waals surface area contributed by atoms with Crippen molar-refractivity contribution in [2.45, 2.75) is 19.8 Å². The second kappa shape index (κ2) is 6.19. The van der Waals surface area contributed by atoms with Crippen molar-refractivity contribution in [2.75, 3.05) is 37.6 Å². The van der Waals surface area contributed by atoms with Gasteiger partial charge in [0.25, 0.3) is 5.56 Å². The van der Waals surface area contributed by atoms with Crippen LogP contribution in [-0.4, -0.2) is 56.7 Å². The molecule has 126 valence electrons. The fourth-order valence-electron chi connectivity index (χ4n) is 3.03. The summed E-state index contributed by atoms with van der Waals surface area (Å²) in [6, 6.07) is 0. The smallest absolute Gasteiger partial charge is 0.332 e. The summed E-state index contributed by atoms with van der Waals surface area (Å²) in [4.78, 5) is 36.4. The van der Waals surface area contributed by atoms with E-state index in [1.807, 2.05) is 0 Å². The Morgan fingerprint density at radius 3 is 2.43 bits per heavy atom. The molecule has 0 saturated carbocycles. The van der Waals surface area contributed by atoms with Crippen molar-refractivity contribution < 1.29 is 0 Å². The molecular formula is C15H24N6O2. The van der Waals surface area contributed by atoms with Crippen LogP contribution >= 0.6 is 0 Å². The molecule has 3 heterocycles. The van der Waals surface area contributed by atoms with Crippen molar-refractivity contribution in [1.29, 1.82) is 0 Å². The third-order valence-electron chi connectivity index (χ3n) is 4.58. The van der Waals surface area contributed by atoms with Crippen LogP contribution in [0, 0.1) is 0 Å². The van der Waals surface area contributed by atoms with Crippen LogP contribution in [0.1, 0.15) is 19.8 Å². The van der Waals surface area contributed by atoms with E-state index in [4.69, 9.17) is 0 Å². The molecule has 8 heteroatoms. The molecule has 0 aliphatic carbocycles. The molecule has 3 rings (SSSR count). The minimum absolute atomic E-state index is 0.330. The maximum absolute atomic E-state index is 12.2. The summed E-state index contributed by atoms with van der Waals surface area (Å²) in [5.41, 5.74) is 0.118. The number of piperazine rings is 1. The van der Waals surface area contributed by atoms with Crippen molar-refractivity contribution in [3.63, 3.8) is 0 Å². The summed E-state index contributed by atoms with van der Waals surface area (Å²) in [5.74, 6) is 0.674. The number of aryl methyl sites for hydroxylation is 1. The van der Waals surface area contributed by atoms with E-state index in [-0.39, 0.29) is 11.2 Å². The molecule has 0 amide bonds. The first-order valence-corrected chi connectivity index (χ1v) is 8.16. The van der Waals surface area contributed by atoms with E-state index >= 15 is 0 Å². The van der Waals surface area contributed by atoms with Gasteiger partial charge in [0.05, 0.1) is 0 Å². The van der Waals surface area contributed by atoms with Gasteiger partial charge in [-0.1, -0.05) is 13.3 Å². The number of nitrogens with zero attached hydrogens (tertiary/aromatic N) is 5. The van der Waals surface area contributed by atoms with Crippen molar-refractivity contribution in [1.82, 2.24) is 24.0 Å². The Bertz CT molecular complexity index is 810. The summed E-state index contributed by atoms with van der Waals surface area (Å²) >= 11 is 0. The van der Waals surface area contributed by atoms with E-state index in [2.05, 4.69) is 26.7 Å². The number of aromatic nitrogens is 4. The van der Waals surface area contributed by atoms with E-state index in [0.717, 1.165) is 37.3 Å². The first-order chi connectivity index (χ1) is 11.0. The number of unbranched alkanes of at least 4 members (excludes halogenated alkanes) is 1. The standard InChI is InChI=1S/C15H24N6O2/c1-4-5-6-20-7-9-21(10-8-20)14-16-11-12(17-14)18(2)15(23)19(3)13(11)22/h4-10H2,1-3H3,(H,16,17). The third-order valence-corrected chi connectivity index (χ3v) is 4.58. The number of hydrogen-bond donors (Lipinski definition) is 1. The van der Waals surface area contributed by atoms with Gasteiger partial charge in [0.1, 0.15) is 0 Å². The molecule has 0 bridgehead atoms. The summed E-state index contributed by atoms with van der Waals surface area (Å²) < 4.78 is 2.52. The van der Waals surface area contributed by atoms with Gasteiger partial charge in [0.2, 0.25) is 5.95 Å². The van der Waals surface area contributed by atoms with Crippen molar-refractivity contribution >= 4 is 17.1 Å². The molecule has 1 saturated heterocycles. The maximum Gasteiger partial charge on any atom is 0.332 e. The Morgan fingerprint density at radius 1 is 1.09 bits per heavy atom. The van der Waals surface area contributed by atoms with Crippen molar-refractivity contribution in [3.05, 3.63) is 20.8 Å². The average molecular weight is 320 g/mol. The largest absolute Gasteiger partial charge is 0.340 e. The molecule has 2 aromatic heterocycles. The van der Waals surface area contributed by atoms with E-state index in [1.54, 1.807) is 7.05 Å². The first-order valence-electron chi connectivity index (χ1n) is 8.16. The Hall–Kier alpha value is -2.09. The number of H-pyrrole nitrogens is 1. The highest BCUT2D eigenvalue weighted by molar-refractivity contribution is 5.73. The predicted molar refractivity (Wildman–Crippen MR) is 90.1 cm³/mol. The molecule has 0 aromatic carbocycles. The third kappa shape index (κ3) is 2.78. The Labute approximate surface area is 134 Å². The molecule has 0 spiro atoms. The van der Waals surface area contributed by atoms with Crippen LogP contribution in [0.4, 0.5) is 5.95 Å². The normalized spacial score (nSPS) is 16.4. The van der Waals surface area contributed by atoms with Crippen LogP contribution < -0.4 is 16.1 Å². The number of anilines is 1. The van der Waals surface area contributed by atoms with Gasteiger partial charge in [0.15, 0.2) is 11.2 Å². The van der Waals surface area contributed by atoms with Gasteiger partial charge in [-0.15, -0.1) is 0 Å². The van der Waals surface area contributed by atoms with Crippen LogP contribution in [0.2, 0.25) is 0 Å². The molecule has 1 N–H and O–H groups in total. The fraction of sp³-hybridized carbons (Fsp3) is 0.667. The number of aromatic amines is 1.